The van der Waals surface area contributed by atoms with Crippen LogP contribution in [0.4, 0.5) is 5.69 Å². The molecule has 0 spiro atoms. The van der Waals surface area contributed by atoms with Crippen molar-refractivity contribution in [2.45, 2.75) is 46.0 Å². The fourth-order valence-electron chi connectivity index (χ4n) is 4.01. The number of unbranched alkanes of at least 4 members (excludes halogenated alkanes) is 1. The molecule has 6 nitrogen and oxygen atoms in total. The summed E-state index contributed by atoms with van der Waals surface area (Å²) in [5.74, 6) is 0.224. The first-order valence-electron chi connectivity index (χ1n) is 10.5. The predicted octanol–water partition coefficient (Wildman–Crippen LogP) is 3.15. The van der Waals surface area contributed by atoms with Gasteiger partial charge >= 0.3 is 0 Å². The fourth-order valence-corrected chi connectivity index (χ4v) is 4.01. The smallest absolute Gasteiger partial charge is 0.253 e. The summed E-state index contributed by atoms with van der Waals surface area (Å²) in [5.41, 5.74) is 1.31. The molecule has 152 valence electrons. The first-order chi connectivity index (χ1) is 13.5. The molecule has 0 aliphatic carbocycles. The van der Waals surface area contributed by atoms with Crippen LogP contribution in [0.1, 0.15) is 56.3 Å². The van der Waals surface area contributed by atoms with Crippen LogP contribution in [0.2, 0.25) is 0 Å². The van der Waals surface area contributed by atoms with Crippen molar-refractivity contribution < 1.29 is 14.4 Å². The molecule has 2 aliphatic heterocycles. The van der Waals surface area contributed by atoms with Gasteiger partial charge < -0.3 is 15.1 Å². The summed E-state index contributed by atoms with van der Waals surface area (Å²) in [7, 11) is 0. The van der Waals surface area contributed by atoms with E-state index in [-0.39, 0.29) is 30.1 Å². The number of piperidine rings is 1. The average Bonchev–Trinajstić information content (AvgIpc) is 3.07. The second-order valence-electron chi connectivity index (χ2n) is 8.16. The van der Waals surface area contributed by atoms with Crippen molar-refractivity contribution in [1.29, 1.82) is 0 Å². The lowest BCUT2D eigenvalue weighted by atomic mass is 9.99. The van der Waals surface area contributed by atoms with E-state index in [1.807, 2.05) is 4.90 Å². The normalized spacial score (nSPS) is 22.4. The summed E-state index contributed by atoms with van der Waals surface area (Å²) in [5, 5.41) is 2.89. The Labute approximate surface area is 167 Å². The van der Waals surface area contributed by atoms with E-state index in [1.54, 1.807) is 29.2 Å². The topological polar surface area (TPSA) is 69.7 Å². The van der Waals surface area contributed by atoms with Gasteiger partial charge in [-0.15, -0.1) is 0 Å². The Morgan fingerprint density at radius 1 is 1.18 bits per heavy atom. The molecule has 28 heavy (non-hydrogen) atoms. The second kappa shape index (κ2) is 9.22. The summed E-state index contributed by atoms with van der Waals surface area (Å²) in [6.07, 6.45) is 4.50. The predicted molar refractivity (Wildman–Crippen MR) is 109 cm³/mol. The van der Waals surface area contributed by atoms with E-state index in [9.17, 15) is 14.4 Å². The largest absolute Gasteiger partial charge is 0.342 e. The van der Waals surface area contributed by atoms with Crippen LogP contribution < -0.4 is 5.32 Å². The highest BCUT2D eigenvalue weighted by atomic mass is 16.2. The summed E-state index contributed by atoms with van der Waals surface area (Å²) in [6.45, 7) is 7.10. The minimum Gasteiger partial charge on any atom is -0.342 e. The summed E-state index contributed by atoms with van der Waals surface area (Å²) >= 11 is 0. The number of nitrogens with zero attached hydrogens (tertiary/aromatic N) is 2. The van der Waals surface area contributed by atoms with Gasteiger partial charge in [0.25, 0.3) is 5.91 Å². The van der Waals surface area contributed by atoms with Gasteiger partial charge in [0.05, 0.1) is 5.92 Å². The quantitative estimate of drug-likeness (QED) is 0.818. The van der Waals surface area contributed by atoms with Crippen LogP contribution in [0.3, 0.4) is 0 Å². The molecule has 2 atom stereocenters. The van der Waals surface area contributed by atoms with Crippen LogP contribution in [0.25, 0.3) is 0 Å². The van der Waals surface area contributed by atoms with Crippen molar-refractivity contribution in [3.8, 4) is 0 Å². The molecule has 1 N–H and O–H groups in total. The minimum absolute atomic E-state index is 0.0531. The Kier molecular flexibility index (Phi) is 6.70. The maximum Gasteiger partial charge on any atom is 0.253 e. The zero-order valence-corrected chi connectivity index (χ0v) is 16.9. The van der Waals surface area contributed by atoms with Gasteiger partial charge in [0.15, 0.2) is 0 Å². The molecule has 2 saturated heterocycles. The standard InChI is InChI=1S/C22H31N3O3/c1-3-4-11-24-15-18(13-20(24)26)21(27)23-19-9-7-17(8-10-19)22(28)25-12-5-6-16(2)14-25/h7-10,16,18H,3-6,11-15H2,1-2H3,(H,23,27)/t16-,18-/m0/s1. The molecule has 3 amide bonds. The van der Waals surface area contributed by atoms with Crippen LogP contribution in [0.15, 0.2) is 24.3 Å². The first kappa shape index (κ1) is 20.4. The van der Waals surface area contributed by atoms with Crippen LogP contribution >= 0.6 is 0 Å². The number of amides is 3. The number of nitrogens with one attached hydrogen (secondary N) is 1. The number of benzene rings is 1. The van der Waals surface area contributed by atoms with Gasteiger partial charge in [-0.1, -0.05) is 20.3 Å². The number of likely N-dealkylation sites (tertiary alicyclic amines) is 2. The van der Waals surface area contributed by atoms with E-state index in [0.717, 1.165) is 38.9 Å². The third kappa shape index (κ3) is 4.91. The third-order valence-electron chi connectivity index (χ3n) is 5.71. The zero-order chi connectivity index (χ0) is 20.1. The van der Waals surface area contributed by atoms with Crippen molar-refractivity contribution in [2.24, 2.45) is 11.8 Å². The Balaban J connectivity index is 1.55. The number of hydrogen-bond acceptors (Lipinski definition) is 3. The van der Waals surface area contributed by atoms with Crippen molar-refractivity contribution in [3.63, 3.8) is 0 Å². The number of carbonyl (C=O) groups excluding carboxylic acids is 3. The number of rotatable bonds is 6. The lowest BCUT2D eigenvalue weighted by Crippen LogP contribution is -2.39. The van der Waals surface area contributed by atoms with Gasteiger partial charge in [-0.05, 0) is 49.4 Å². The number of carbonyl (C=O) groups is 3. The Morgan fingerprint density at radius 2 is 1.93 bits per heavy atom. The van der Waals surface area contributed by atoms with E-state index >= 15 is 0 Å². The average molecular weight is 386 g/mol. The maximum absolute atomic E-state index is 12.6. The lowest BCUT2D eigenvalue weighted by Gasteiger charge is -2.31. The fraction of sp³-hybridized carbons (Fsp3) is 0.591. The highest BCUT2D eigenvalue weighted by molar-refractivity contribution is 5.98. The summed E-state index contributed by atoms with van der Waals surface area (Å²) < 4.78 is 0. The van der Waals surface area contributed by atoms with Crippen LogP contribution in [0, 0.1) is 11.8 Å². The molecule has 6 heteroatoms. The van der Waals surface area contributed by atoms with Crippen molar-refractivity contribution >= 4 is 23.4 Å². The van der Waals surface area contributed by atoms with E-state index in [4.69, 9.17) is 0 Å². The second-order valence-corrected chi connectivity index (χ2v) is 8.16. The van der Waals surface area contributed by atoms with E-state index < -0.39 is 0 Å². The summed E-state index contributed by atoms with van der Waals surface area (Å²) in [4.78, 5) is 40.9. The molecule has 0 radical (unpaired) electrons. The maximum atomic E-state index is 12.6. The van der Waals surface area contributed by atoms with Crippen LogP contribution in [-0.4, -0.2) is 53.7 Å². The van der Waals surface area contributed by atoms with Crippen LogP contribution in [-0.2, 0) is 9.59 Å². The van der Waals surface area contributed by atoms with E-state index in [1.165, 1.54) is 6.42 Å². The molecule has 2 aliphatic rings. The SMILES string of the molecule is CCCCN1C[C@@H](C(=O)Nc2ccc(C(=O)N3CCC[C@H](C)C3)cc2)CC1=O. The molecule has 3 rings (SSSR count). The van der Waals surface area contributed by atoms with Crippen LogP contribution in [0.5, 0.6) is 0 Å². The van der Waals surface area contributed by atoms with Gasteiger partial charge in [-0.25, -0.2) is 0 Å². The molecule has 0 aromatic heterocycles. The van der Waals surface area contributed by atoms with Crippen molar-refractivity contribution in [2.75, 3.05) is 31.5 Å². The van der Waals surface area contributed by atoms with Crippen molar-refractivity contribution in [3.05, 3.63) is 29.8 Å². The van der Waals surface area contributed by atoms with Gasteiger partial charge in [0.2, 0.25) is 11.8 Å². The third-order valence-corrected chi connectivity index (χ3v) is 5.71. The van der Waals surface area contributed by atoms with Crippen molar-refractivity contribution in [1.82, 2.24) is 9.80 Å². The van der Waals surface area contributed by atoms with Gasteiger partial charge in [-0.2, -0.15) is 0 Å². The van der Waals surface area contributed by atoms with Gasteiger partial charge in [0.1, 0.15) is 0 Å². The monoisotopic (exact) mass is 385 g/mol. The first-order valence-corrected chi connectivity index (χ1v) is 10.5. The van der Waals surface area contributed by atoms with E-state index in [2.05, 4.69) is 19.2 Å². The number of anilines is 1. The molecular formula is C22H31N3O3. The molecule has 0 saturated carbocycles. The molecular weight excluding hydrogens is 354 g/mol. The Morgan fingerprint density at radius 3 is 2.61 bits per heavy atom. The molecule has 1 aromatic rings. The molecule has 0 bridgehead atoms. The Bertz CT molecular complexity index is 716. The molecule has 0 unspecified atom stereocenters. The van der Waals surface area contributed by atoms with E-state index in [0.29, 0.717) is 23.7 Å². The summed E-state index contributed by atoms with van der Waals surface area (Å²) in [6, 6.07) is 7.07. The minimum atomic E-state index is -0.305. The van der Waals surface area contributed by atoms with Gasteiger partial charge in [-0.3, -0.25) is 14.4 Å². The highest BCUT2D eigenvalue weighted by Crippen LogP contribution is 2.22. The zero-order valence-electron chi connectivity index (χ0n) is 16.9. The van der Waals surface area contributed by atoms with Gasteiger partial charge in [0, 0.05) is 43.9 Å². The Hall–Kier alpha value is -2.37. The molecule has 1 aromatic carbocycles. The molecule has 2 fully saturated rings. The highest BCUT2D eigenvalue weighted by Gasteiger charge is 2.33. The number of hydrogen-bond donors (Lipinski definition) is 1. The molecule has 2 heterocycles. The lowest BCUT2D eigenvalue weighted by molar-refractivity contribution is -0.128.